The summed E-state index contributed by atoms with van der Waals surface area (Å²) in [5.41, 5.74) is 0. The first kappa shape index (κ1) is 13.5. The van der Waals surface area contributed by atoms with Gasteiger partial charge in [-0.05, 0) is 39.2 Å². The Morgan fingerprint density at radius 1 is 1.50 bits per heavy atom. The number of carbonyl (C=O) groups is 1. The van der Waals surface area contributed by atoms with Gasteiger partial charge in [-0.2, -0.15) is 0 Å². The Morgan fingerprint density at radius 3 is 2.81 bits per heavy atom. The summed E-state index contributed by atoms with van der Waals surface area (Å²) in [4.78, 5) is 11.1. The molecule has 0 heterocycles. The fraction of sp³-hybridized carbons (Fsp3) is 0.923. The Balaban J connectivity index is 1.91. The van der Waals surface area contributed by atoms with Crippen molar-refractivity contribution in [3.8, 4) is 0 Å². The first-order chi connectivity index (χ1) is 7.72. The molecule has 16 heavy (non-hydrogen) atoms. The van der Waals surface area contributed by atoms with E-state index in [4.69, 9.17) is 4.74 Å². The van der Waals surface area contributed by atoms with Gasteiger partial charge in [0.1, 0.15) is 0 Å². The van der Waals surface area contributed by atoms with Crippen LogP contribution in [0.3, 0.4) is 0 Å². The Morgan fingerprint density at radius 2 is 2.25 bits per heavy atom. The minimum absolute atomic E-state index is 0.0732. The first-order valence-corrected chi connectivity index (χ1v) is 6.61. The van der Waals surface area contributed by atoms with Crippen molar-refractivity contribution in [1.82, 2.24) is 5.32 Å². The van der Waals surface area contributed by atoms with Crippen LogP contribution in [-0.4, -0.2) is 25.2 Å². The van der Waals surface area contributed by atoms with Crippen molar-refractivity contribution in [2.75, 3.05) is 13.2 Å². The molecule has 0 aromatic heterocycles. The van der Waals surface area contributed by atoms with Crippen LogP contribution in [-0.2, 0) is 9.53 Å². The molecule has 1 atom stereocenters. The molecular formula is C13H25NO2. The summed E-state index contributed by atoms with van der Waals surface area (Å²) in [5.74, 6) is 0.878. The minimum atomic E-state index is -0.0732. The smallest absolute Gasteiger partial charge is 0.305 e. The molecule has 3 nitrogen and oxygen atoms in total. The van der Waals surface area contributed by atoms with Crippen LogP contribution in [0, 0.1) is 5.92 Å². The van der Waals surface area contributed by atoms with Crippen LogP contribution in [0.25, 0.3) is 0 Å². The molecule has 0 spiro atoms. The number of esters is 1. The number of rotatable bonds is 8. The molecule has 1 aliphatic rings. The highest BCUT2D eigenvalue weighted by atomic mass is 16.5. The molecule has 0 aromatic rings. The second-order valence-electron chi connectivity index (χ2n) is 4.80. The molecule has 1 aliphatic carbocycles. The molecule has 0 bridgehead atoms. The van der Waals surface area contributed by atoms with E-state index in [1.54, 1.807) is 0 Å². The average molecular weight is 227 g/mol. The van der Waals surface area contributed by atoms with E-state index in [1.807, 2.05) is 6.92 Å². The average Bonchev–Trinajstić information content (AvgIpc) is 2.19. The predicted molar refractivity (Wildman–Crippen MR) is 65.3 cm³/mol. The fourth-order valence-electron chi connectivity index (χ4n) is 2.13. The lowest BCUT2D eigenvalue weighted by molar-refractivity contribution is -0.143. The maximum absolute atomic E-state index is 11.1. The van der Waals surface area contributed by atoms with E-state index < -0.39 is 0 Å². The molecule has 3 heteroatoms. The van der Waals surface area contributed by atoms with Crippen molar-refractivity contribution >= 4 is 5.97 Å². The lowest BCUT2D eigenvalue weighted by Crippen LogP contribution is -2.31. The summed E-state index contributed by atoms with van der Waals surface area (Å²) in [6.07, 6.45) is 6.95. The van der Waals surface area contributed by atoms with Gasteiger partial charge in [-0.25, -0.2) is 0 Å². The molecule has 0 aromatic carbocycles. The number of carbonyl (C=O) groups excluding carboxylic acids is 1. The second-order valence-corrected chi connectivity index (χ2v) is 4.80. The van der Waals surface area contributed by atoms with Crippen molar-refractivity contribution in [2.45, 2.75) is 58.4 Å². The number of nitrogens with one attached hydrogen (secondary N) is 1. The zero-order chi connectivity index (χ0) is 11.8. The van der Waals surface area contributed by atoms with Gasteiger partial charge in [-0.1, -0.05) is 19.3 Å². The fourth-order valence-corrected chi connectivity index (χ4v) is 2.13. The van der Waals surface area contributed by atoms with E-state index in [9.17, 15) is 4.79 Å². The third-order valence-corrected chi connectivity index (χ3v) is 3.27. The molecule has 0 radical (unpaired) electrons. The summed E-state index contributed by atoms with van der Waals surface area (Å²) >= 11 is 0. The van der Waals surface area contributed by atoms with Gasteiger partial charge < -0.3 is 10.1 Å². The lowest BCUT2D eigenvalue weighted by Gasteiger charge is -2.28. The number of hydrogen-bond donors (Lipinski definition) is 1. The van der Waals surface area contributed by atoms with Crippen LogP contribution < -0.4 is 5.32 Å². The molecule has 1 fully saturated rings. The van der Waals surface area contributed by atoms with Gasteiger partial charge in [0, 0.05) is 12.5 Å². The summed E-state index contributed by atoms with van der Waals surface area (Å²) in [6, 6.07) is 0.590. The van der Waals surface area contributed by atoms with Crippen molar-refractivity contribution in [3.63, 3.8) is 0 Å². The van der Waals surface area contributed by atoms with E-state index in [-0.39, 0.29) is 5.97 Å². The molecule has 1 saturated carbocycles. The molecule has 94 valence electrons. The van der Waals surface area contributed by atoms with Crippen LogP contribution in [0.2, 0.25) is 0 Å². The Labute approximate surface area is 98.9 Å². The summed E-state index contributed by atoms with van der Waals surface area (Å²) in [6.45, 7) is 5.50. The molecule has 1 unspecified atom stereocenters. The van der Waals surface area contributed by atoms with Gasteiger partial charge in [-0.3, -0.25) is 4.79 Å². The molecule has 1 rings (SSSR count). The van der Waals surface area contributed by atoms with Crippen LogP contribution in [0.4, 0.5) is 0 Å². The molecule has 1 N–H and O–H groups in total. The molecule has 0 aliphatic heterocycles. The van der Waals surface area contributed by atoms with E-state index in [0.717, 1.165) is 18.9 Å². The standard InChI is InChI=1S/C13H25NO2/c1-3-16-13(15)8-5-9-14-11(2)10-12-6-4-7-12/h11-12,14H,3-10H2,1-2H3. The van der Waals surface area contributed by atoms with Crippen LogP contribution >= 0.6 is 0 Å². The maximum Gasteiger partial charge on any atom is 0.305 e. The van der Waals surface area contributed by atoms with Crippen LogP contribution in [0.15, 0.2) is 0 Å². The molecular weight excluding hydrogens is 202 g/mol. The van der Waals surface area contributed by atoms with E-state index in [1.165, 1.54) is 25.7 Å². The SMILES string of the molecule is CCOC(=O)CCCNC(C)CC1CCC1. The highest BCUT2D eigenvalue weighted by Gasteiger charge is 2.19. The normalized spacial score (nSPS) is 17.9. The van der Waals surface area contributed by atoms with Crippen molar-refractivity contribution in [2.24, 2.45) is 5.92 Å². The van der Waals surface area contributed by atoms with Crippen molar-refractivity contribution in [3.05, 3.63) is 0 Å². The van der Waals surface area contributed by atoms with Gasteiger partial charge >= 0.3 is 5.97 Å². The lowest BCUT2D eigenvalue weighted by atomic mass is 9.81. The molecule has 0 amide bonds. The van der Waals surface area contributed by atoms with Gasteiger partial charge in [0.2, 0.25) is 0 Å². The minimum Gasteiger partial charge on any atom is -0.466 e. The Bertz CT molecular complexity index is 202. The predicted octanol–water partition coefficient (Wildman–Crippen LogP) is 2.50. The van der Waals surface area contributed by atoms with Gasteiger partial charge in [0.15, 0.2) is 0 Å². The topological polar surface area (TPSA) is 38.3 Å². The van der Waals surface area contributed by atoms with Gasteiger partial charge in [-0.15, -0.1) is 0 Å². The van der Waals surface area contributed by atoms with E-state index in [0.29, 0.717) is 19.1 Å². The summed E-state index contributed by atoms with van der Waals surface area (Å²) in [5, 5.41) is 3.47. The van der Waals surface area contributed by atoms with Gasteiger partial charge in [0.05, 0.1) is 6.61 Å². The maximum atomic E-state index is 11.1. The number of ether oxygens (including phenoxy) is 1. The highest BCUT2D eigenvalue weighted by molar-refractivity contribution is 5.69. The van der Waals surface area contributed by atoms with E-state index in [2.05, 4.69) is 12.2 Å². The van der Waals surface area contributed by atoms with E-state index >= 15 is 0 Å². The second kappa shape index (κ2) is 7.66. The third-order valence-electron chi connectivity index (χ3n) is 3.27. The summed E-state index contributed by atoms with van der Waals surface area (Å²) < 4.78 is 4.87. The largest absolute Gasteiger partial charge is 0.466 e. The Hall–Kier alpha value is -0.570. The monoisotopic (exact) mass is 227 g/mol. The van der Waals surface area contributed by atoms with Crippen molar-refractivity contribution in [1.29, 1.82) is 0 Å². The quantitative estimate of drug-likeness (QED) is 0.511. The first-order valence-electron chi connectivity index (χ1n) is 6.61. The number of hydrogen-bond acceptors (Lipinski definition) is 3. The Kier molecular flexibility index (Phi) is 6.46. The van der Waals surface area contributed by atoms with Crippen LogP contribution in [0.5, 0.6) is 0 Å². The highest BCUT2D eigenvalue weighted by Crippen LogP contribution is 2.30. The third kappa shape index (κ3) is 5.50. The van der Waals surface area contributed by atoms with Crippen molar-refractivity contribution < 1.29 is 9.53 Å². The van der Waals surface area contributed by atoms with Gasteiger partial charge in [0.25, 0.3) is 0 Å². The zero-order valence-electron chi connectivity index (χ0n) is 10.6. The molecule has 0 saturated heterocycles. The zero-order valence-corrected chi connectivity index (χ0v) is 10.6. The van der Waals surface area contributed by atoms with Crippen LogP contribution in [0.1, 0.15) is 52.4 Å². The summed E-state index contributed by atoms with van der Waals surface area (Å²) in [7, 11) is 0.